The number of aromatic amines is 1. The minimum absolute atomic E-state index is 0.485. The summed E-state index contributed by atoms with van der Waals surface area (Å²) in [5, 5.41) is 10.3. The number of H-pyrrole nitrogens is 1. The fraction of sp³-hybridized carbons (Fsp3) is 0.167. The molecule has 8 heteroatoms. The molecule has 0 spiro atoms. The Balaban J connectivity index is 3.49. The van der Waals surface area contributed by atoms with E-state index >= 15 is 0 Å². The molecule has 0 bridgehead atoms. The van der Waals surface area contributed by atoms with Crippen LogP contribution >= 0.6 is 15.9 Å². The Morgan fingerprint density at radius 1 is 1.57 bits per heavy atom. The summed E-state index contributed by atoms with van der Waals surface area (Å²) in [5.74, 6) is 0. The molecule has 1 aromatic heterocycles. The summed E-state index contributed by atoms with van der Waals surface area (Å²) in [7, 11) is 0. The molecular formula is C6H3BrF2N2O3. The van der Waals surface area contributed by atoms with Gasteiger partial charge in [0, 0.05) is 6.20 Å². The fourth-order valence-electron chi connectivity index (χ4n) is 0.833. The van der Waals surface area contributed by atoms with Crippen LogP contribution in [0.2, 0.25) is 0 Å². The monoisotopic (exact) mass is 268 g/mol. The molecule has 5 nitrogen and oxygen atoms in total. The molecule has 0 atom stereocenters. The van der Waals surface area contributed by atoms with Crippen LogP contribution < -0.4 is 5.56 Å². The molecule has 1 rings (SSSR count). The first-order valence-electron chi connectivity index (χ1n) is 3.28. The molecular weight excluding hydrogens is 266 g/mol. The van der Waals surface area contributed by atoms with Gasteiger partial charge in [-0.1, -0.05) is 0 Å². The third-order valence-electron chi connectivity index (χ3n) is 1.45. The summed E-state index contributed by atoms with van der Waals surface area (Å²) in [4.78, 5) is 22.1. The van der Waals surface area contributed by atoms with Gasteiger partial charge < -0.3 is 4.98 Å². The average molecular weight is 269 g/mol. The maximum Gasteiger partial charge on any atom is 0.348 e. The van der Waals surface area contributed by atoms with Gasteiger partial charge in [-0.3, -0.25) is 14.9 Å². The molecule has 1 N–H and O–H groups in total. The van der Waals surface area contributed by atoms with E-state index in [-0.39, 0.29) is 0 Å². The van der Waals surface area contributed by atoms with Crippen molar-refractivity contribution in [1.29, 1.82) is 0 Å². The Labute approximate surface area is 84.0 Å². The van der Waals surface area contributed by atoms with Crippen LogP contribution in [0.4, 0.5) is 14.5 Å². The summed E-state index contributed by atoms with van der Waals surface area (Å²) in [5.41, 5.74) is -2.55. The number of nitrogens with one attached hydrogen (secondary N) is 1. The quantitative estimate of drug-likeness (QED) is 0.658. The SMILES string of the molecule is O=c1[nH]cc(C(F)F)c(Br)c1[N+](=O)[O-]. The molecule has 0 saturated carbocycles. The fourth-order valence-corrected chi connectivity index (χ4v) is 1.45. The summed E-state index contributed by atoms with van der Waals surface area (Å²) < 4.78 is 24.0. The van der Waals surface area contributed by atoms with E-state index in [1.165, 1.54) is 0 Å². The summed E-state index contributed by atoms with van der Waals surface area (Å²) in [6.45, 7) is 0. The molecule has 14 heavy (non-hydrogen) atoms. The van der Waals surface area contributed by atoms with Crippen LogP contribution in [0.25, 0.3) is 0 Å². The van der Waals surface area contributed by atoms with Gasteiger partial charge in [-0.2, -0.15) is 0 Å². The van der Waals surface area contributed by atoms with E-state index in [4.69, 9.17) is 0 Å². The van der Waals surface area contributed by atoms with Crippen molar-refractivity contribution in [3.05, 3.63) is 36.7 Å². The second kappa shape index (κ2) is 3.82. The largest absolute Gasteiger partial charge is 0.348 e. The molecule has 0 aromatic carbocycles. The van der Waals surface area contributed by atoms with Crippen molar-refractivity contribution in [1.82, 2.24) is 4.98 Å². The zero-order chi connectivity index (χ0) is 10.9. The highest BCUT2D eigenvalue weighted by Gasteiger charge is 2.24. The lowest BCUT2D eigenvalue weighted by Crippen LogP contribution is -2.13. The predicted octanol–water partition coefficient (Wildman–Crippen LogP) is 1.98. The lowest BCUT2D eigenvalue weighted by Gasteiger charge is -2.01. The van der Waals surface area contributed by atoms with Crippen LogP contribution in [-0.4, -0.2) is 9.91 Å². The van der Waals surface area contributed by atoms with Crippen LogP contribution in [0, 0.1) is 10.1 Å². The van der Waals surface area contributed by atoms with Crippen LogP contribution in [0.15, 0.2) is 15.5 Å². The van der Waals surface area contributed by atoms with Gasteiger partial charge in [-0.05, 0) is 15.9 Å². The van der Waals surface area contributed by atoms with Gasteiger partial charge in [0.25, 0.3) is 6.43 Å². The molecule has 0 aliphatic rings. The zero-order valence-corrected chi connectivity index (χ0v) is 8.05. The molecule has 0 unspecified atom stereocenters. The van der Waals surface area contributed by atoms with Crippen LogP contribution in [0.3, 0.4) is 0 Å². The third-order valence-corrected chi connectivity index (χ3v) is 2.29. The number of pyridine rings is 1. The van der Waals surface area contributed by atoms with E-state index in [1.807, 2.05) is 4.98 Å². The number of hydrogen-bond acceptors (Lipinski definition) is 3. The number of nitrogens with zero attached hydrogens (tertiary/aromatic N) is 1. The molecule has 1 aromatic rings. The molecule has 1 heterocycles. The van der Waals surface area contributed by atoms with Crippen molar-refractivity contribution in [2.75, 3.05) is 0 Å². The van der Waals surface area contributed by atoms with E-state index in [0.29, 0.717) is 0 Å². The van der Waals surface area contributed by atoms with E-state index in [2.05, 4.69) is 15.9 Å². The standard InChI is InChI=1S/C6H3BrF2N2O3/c7-3-2(5(8)9)1-10-6(12)4(3)11(13)14/h1,5H,(H,10,12). The van der Waals surface area contributed by atoms with Crippen molar-refractivity contribution in [2.24, 2.45) is 0 Å². The predicted molar refractivity (Wildman–Crippen MR) is 46.4 cm³/mol. The Morgan fingerprint density at radius 3 is 2.57 bits per heavy atom. The number of hydrogen-bond donors (Lipinski definition) is 1. The maximum absolute atomic E-state index is 12.2. The van der Waals surface area contributed by atoms with Gasteiger partial charge in [-0.25, -0.2) is 8.78 Å². The molecule has 0 radical (unpaired) electrons. The van der Waals surface area contributed by atoms with Gasteiger partial charge in [0.05, 0.1) is 10.5 Å². The number of halogens is 3. The Kier molecular flexibility index (Phi) is 2.94. The maximum atomic E-state index is 12.2. The summed E-state index contributed by atoms with van der Waals surface area (Å²) in [6.07, 6.45) is -2.15. The van der Waals surface area contributed by atoms with Gasteiger partial charge in [0.2, 0.25) is 0 Å². The highest BCUT2D eigenvalue weighted by Crippen LogP contribution is 2.30. The molecule has 0 amide bonds. The summed E-state index contributed by atoms with van der Waals surface area (Å²) >= 11 is 2.59. The molecule has 0 aliphatic heterocycles. The normalized spacial score (nSPS) is 10.6. The van der Waals surface area contributed by atoms with Crippen molar-refractivity contribution < 1.29 is 13.7 Å². The first kappa shape index (κ1) is 10.8. The Morgan fingerprint density at radius 2 is 2.14 bits per heavy atom. The number of aromatic nitrogens is 1. The van der Waals surface area contributed by atoms with Crippen LogP contribution in [0.5, 0.6) is 0 Å². The Hall–Kier alpha value is -1.31. The molecule has 76 valence electrons. The van der Waals surface area contributed by atoms with E-state index in [1.54, 1.807) is 0 Å². The Bertz CT molecular complexity index is 432. The zero-order valence-electron chi connectivity index (χ0n) is 6.46. The van der Waals surface area contributed by atoms with Crippen LogP contribution in [-0.2, 0) is 0 Å². The molecule has 0 aliphatic carbocycles. The molecule has 0 fully saturated rings. The number of nitro groups is 1. The van der Waals surface area contributed by atoms with Crippen LogP contribution in [0.1, 0.15) is 12.0 Å². The molecule has 0 saturated heterocycles. The van der Waals surface area contributed by atoms with E-state index in [0.717, 1.165) is 6.20 Å². The average Bonchev–Trinajstić information content (AvgIpc) is 2.02. The lowest BCUT2D eigenvalue weighted by atomic mass is 10.3. The minimum atomic E-state index is -2.89. The minimum Gasteiger partial charge on any atom is -0.323 e. The highest BCUT2D eigenvalue weighted by atomic mass is 79.9. The van der Waals surface area contributed by atoms with Crippen molar-refractivity contribution in [3.63, 3.8) is 0 Å². The summed E-state index contributed by atoms with van der Waals surface area (Å²) in [6, 6.07) is 0. The third kappa shape index (κ3) is 1.79. The number of alkyl halides is 2. The second-order valence-electron chi connectivity index (χ2n) is 2.29. The highest BCUT2D eigenvalue weighted by molar-refractivity contribution is 9.10. The van der Waals surface area contributed by atoms with E-state index in [9.17, 15) is 23.7 Å². The van der Waals surface area contributed by atoms with Gasteiger partial charge >= 0.3 is 11.2 Å². The lowest BCUT2D eigenvalue weighted by molar-refractivity contribution is -0.387. The van der Waals surface area contributed by atoms with E-state index < -0.39 is 32.6 Å². The topological polar surface area (TPSA) is 76.0 Å². The number of rotatable bonds is 2. The van der Waals surface area contributed by atoms with Crippen molar-refractivity contribution in [3.8, 4) is 0 Å². The van der Waals surface area contributed by atoms with Gasteiger partial charge in [0.15, 0.2) is 0 Å². The van der Waals surface area contributed by atoms with Crippen molar-refractivity contribution >= 4 is 21.6 Å². The first-order chi connectivity index (χ1) is 6.45. The van der Waals surface area contributed by atoms with Gasteiger partial charge in [0.1, 0.15) is 4.47 Å². The smallest absolute Gasteiger partial charge is 0.323 e. The second-order valence-corrected chi connectivity index (χ2v) is 3.09. The van der Waals surface area contributed by atoms with Crippen molar-refractivity contribution in [2.45, 2.75) is 6.43 Å². The first-order valence-corrected chi connectivity index (χ1v) is 4.08. The van der Waals surface area contributed by atoms with Gasteiger partial charge in [-0.15, -0.1) is 0 Å².